The molecule has 0 radical (unpaired) electrons. The lowest BCUT2D eigenvalue weighted by molar-refractivity contribution is 0.415. The van der Waals surface area contributed by atoms with Crippen LogP contribution in [0, 0.1) is 0 Å². The van der Waals surface area contributed by atoms with Gasteiger partial charge in [-0.1, -0.05) is 13.3 Å². The lowest BCUT2D eigenvalue weighted by Crippen LogP contribution is -2.28. The van der Waals surface area contributed by atoms with Crippen molar-refractivity contribution < 1.29 is 4.74 Å². The van der Waals surface area contributed by atoms with Crippen LogP contribution in [-0.2, 0) is 0 Å². The van der Waals surface area contributed by atoms with Gasteiger partial charge in [-0.3, -0.25) is 0 Å². The van der Waals surface area contributed by atoms with Gasteiger partial charge in [-0.25, -0.2) is 0 Å². The van der Waals surface area contributed by atoms with Gasteiger partial charge in [-0.2, -0.15) is 0 Å². The molecule has 1 atom stereocenters. The molecule has 3 N–H and O–H groups in total. The average Bonchev–Trinajstić information content (AvgIpc) is 2.29. The van der Waals surface area contributed by atoms with E-state index in [2.05, 4.69) is 12.2 Å². The molecule has 0 amide bonds. The zero-order chi connectivity index (χ0) is 11.1. The summed E-state index contributed by atoms with van der Waals surface area (Å²) in [6, 6.07) is 8.28. The van der Waals surface area contributed by atoms with E-state index in [9.17, 15) is 0 Å². The lowest BCUT2D eigenvalue weighted by Gasteiger charge is -2.17. The highest BCUT2D eigenvalue weighted by atomic mass is 16.5. The second-order valence-corrected chi connectivity index (χ2v) is 3.59. The molecule has 0 aliphatic carbocycles. The smallest absolute Gasteiger partial charge is 0.119 e. The SMILES string of the molecule is CCCC(CN)Nc1ccc(OC)cc1. The van der Waals surface area contributed by atoms with Gasteiger partial charge in [0.2, 0.25) is 0 Å². The minimum atomic E-state index is 0.364. The van der Waals surface area contributed by atoms with E-state index in [-0.39, 0.29) is 0 Å². The number of anilines is 1. The molecule has 0 aliphatic heterocycles. The van der Waals surface area contributed by atoms with Gasteiger partial charge in [0, 0.05) is 18.3 Å². The van der Waals surface area contributed by atoms with Gasteiger partial charge in [-0.15, -0.1) is 0 Å². The molecule has 3 nitrogen and oxygen atoms in total. The van der Waals surface area contributed by atoms with E-state index in [0.717, 1.165) is 24.3 Å². The Kier molecular flexibility index (Phi) is 4.98. The minimum absolute atomic E-state index is 0.364. The highest BCUT2D eigenvalue weighted by Gasteiger charge is 2.04. The van der Waals surface area contributed by atoms with Crippen molar-refractivity contribution in [3.63, 3.8) is 0 Å². The number of ether oxygens (including phenoxy) is 1. The van der Waals surface area contributed by atoms with Crippen LogP contribution in [0.4, 0.5) is 5.69 Å². The highest BCUT2D eigenvalue weighted by Crippen LogP contribution is 2.16. The monoisotopic (exact) mass is 208 g/mol. The lowest BCUT2D eigenvalue weighted by atomic mass is 10.1. The summed E-state index contributed by atoms with van der Waals surface area (Å²) < 4.78 is 5.10. The Bertz CT molecular complexity index is 271. The maximum absolute atomic E-state index is 5.68. The molecule has 1 rings (SSSR count). The van der Waals surface area contributed by atoms with Crippen LogP contribution in [0.15, 0.2) is 24.3 Å². The van der Waals surface area contributed by atoms with Crippen LogP contribution in [0.5, 0.6) is 5.75 Å². The minimum Gasteiger partial charge on any atom is -0.497 e. The summed E-state index contributed by atoms with van der Waals surface area (Å²) in [7, 11) is 1.67. The maximum atomic E-state index is 5.68. The zero-order valence-electron chi connectivity index (χ0n) is 9.49. The number of rotatable bonds is 6. The topological polar surface area (TPSA) is 47.3 Å². The number of benzene rings is 1. The van der Waals surface area contributed by atoms with Crippen molar-refractivity contribution in [2.75, 3.05) is 19.0 Å². The Balaban J connectivity index is 2.55. The maximum Gasteiger partial charge on any atom is 0.119 e. The number of hydrogen-bond donors (Lipinski definition) is 2. The Morgan fingerprint density at radius 1 is 1.33 bits per heavy atom. The first kappa shape index (κ1) is 11.9. The van der Waals surface area contributed by atoms with Crippen molar-refractivity contribution in [3.8, 4) is 5.75 Å². The summed E-state index contributed by atoms with van der Waals surface area (Å²) in [6.45, 7) is 2.83. The predicted molar refractivity (Wildman–Crippen MR) is 64.4 cm³/mol. The van der Waals surface area contributed by atoms with Gasteiger partial charge in [0.05, 0.1) is 7.11 Å². The van der Waals surface area contributed by atoms with Crippen LogP contribution in [0.2, 0.25) is 0 Å². The van der Waals surface area contributed by atoms with Crippen LogP contribution in [-0.4, -0.2) is 19.7 Å². The number of nitrogens with one attached hydrogen (secondary N) is 1. The molecule has 0 spiro atoms. The standard InChI is InChI=1S/C12H20N2O/c1-3-4-11(9-13)14-10-5-7-12(15-2)8-6-10/h5-8,11,14H,3-4,9,13H2,1-2H3. The molecular weight excluding hydrogens is 188 g/mol. The second kappa shape index (κ2) is 6.30. The van der Waals surface area contributed by atoms with Crippen molar-refractivity contribution in [2.24, 2.45) is 5.73 Å². The van der Waals surface area contributed by atoms with Crippen molar-refractivity contribution in [1.29, 1.82) is 0 Å². The van der Waals surface area contributed by atoms with E-state index in [0.29, 0.717) is 12.6 Å². The first-order valence-electron chi connectivity index (χ1n) is 5.40. The van der Waals surface area contributed by atoms with E-state index >= 15 is 0 Å². The molecule has 1 aromatic carbocycles. The molecule has 15 heavy (non-hydrogen) atoms. The fourth-order valence-corrected chi connectivity index (χ4v) is 1.52. The largest absolute Gasteiger partial charge is 0.497 e. The van der Waals surface area contributed by atoms with Gasteiger partial charge in [-0.05, 0) is 30.7 Å². The summed E-state index contributed by atoms with van der Waals surface area (Å²) in [4.78, 5) is 0. The fourth-order valence-electron chi connectivity index (χ4n) is 1.52. The third-order valence-electron chi connectivity index (χ3n) is 2.38. The Hall–Kier alpha value is -1.22. The molecule has 0 aromatic heterocycles. The highest BCUT2D eigenvalue weighted by molar-refractivity contribution is 5.47. The van der Waals surface area contributed by atoms with Crippen molar-refractivity contribution >= 4 is 5.69 Å². The summed E-state index contributed by atoms with van der Waals surface area (Å²) in [5.74, 6) is 0.875. The molecule has 1 unspecified atom stereocenters. The summed E-state index contributed by atoms with van der Waals surface area (Å²) in [6.07, 6.45) is 2.24. The third-order valence-corrected chi connectivity index (χ3v) is 2.38. The predicted octanol–water partition coefficient (Wildman–Crippen LogP) is 2.23. The van der Waals surface area contributed by atoms with Crippen LogP contribution < -0.4 is 15.8 Å². The Morgan fingerprint density at radius 2 is 2.00 bits per heavy atom. The number of methoxy groups -OCH3 is 1. The van der Waals surface area contributed by atoms with Crippen LogP contribution in [0.25, 0.3) is 0 Å². The van der Waals surface area contributed by atoms with Gasteiger partial charge in [0.15, 0.2) is 0 Å². The van der Waals surface area contributed by atoms with E-state index in [1.165, 1.54) is 0 Å². The van der Waals surface area contributed by atoms with E-state index in [4.69, 9.17) is 10.5 Å². The fraction of sp³-hybridized carbons (Fsp3) is 0.500. The number of nitrogens with two attached hydrogens (primary N) is 1. The molecule has 0 fully saturated rings. The summed E-state index contributed by atoms with van der Waals surface area (Å²) in [5, 5.41) is 3.40. The van der Waals surface area contributed by atoms with Gasteiger partial charge in [0.1, 0.15) is 5.75 Å². The Morgan fingerprint density at radius 3 is 2.47 bits per heavy atom. The molecule has 3 heteroatoms. The molecule has 1 aromatic rings. The van der Waals surface area contributed by atoms with Crippen molar-refractivity contribution in [2.45, 2.75) is 25.8 Å². The quantitative estimate of drug-likeness (QED) is 0.753. The summed E-state index contributed by atoms with van der Waals surface area (Å²) >= 11 is 0. The van der Waals surface area contributed by atoms with Crippen LogP contribution in [0.1, 0.15) is 19.8 Å². The third kappa shape index (κ3) is 3.80. The van der Waals surface area contributed by atoms with Gasteiger partial charge < -0.3 is 15.8 Å². The first-order valence-corrected chi connectivity index (χ1v) is 5.40. The number of hydrogen-bond acceptors (Lipinski definition) is 3. The van der Waals surface area contributed by atoms with E-state index in [1.807, 2.05) is 24.3 Å². The zero-order valence-corrected chi connectivity index (χ0v) is 9.49. The molecule has 0 aliphatic rings. The molecule has 0 bridgehead atoms. The molecular formula is C12H20N2O. The summed E-state index contributed by atoms with van der Waals surface area (Å²) in [5.41, 5.74) is 6.77. The van der Waals surface area contributed by atoms with Crippen molar-refractivity contribution in [3.05, 3.63) is 24.3 Å². The Labute approximate surface area is 91.6 Å². The molecule has 0 saturated heterocycles. The molecule has 0 saturated carbocycles. The normalized spacial score (nSPS) is 12.2. The molecule has 84 valence electrons. The van der Waals surface area contributed by atoms with E-state index < -0.39 is 0 Å². The average molecular weight is 208 g/mol. The van der Waals surface area contributed by atoms with E-state index in [1.54, 1.807) is 7.11 Å². The van der Waals surface area contributed by atoms with Crippen LogP contribution in [0.3, 0.4) is 0 Å². The van der Waals surface area contributed by atoms with Gasteiger partial charge >= 0.3 is 0 Å². The second-order valence-electron chi connectivity index (χ2n) is 3.59. The van der Waals surface area contributed by atoms with Crippen molar-refractivity contribution in [1.82, 2.24) is 0 Å². The molecule has 0 heterocycles. The van der Waals surface area contributed by atoms with Crippen LogP contribution >= 0.6 is 0 Å². The van der Waals surface area contributed by atoms with Gasteiger partial charge in [0.25, 0.3) is 0 Å². The first-order chi connectivity index (χ1) is 7.30.